The molecule has 0 atom stereocenters. The predicted octanol–water partition coefficient (Wildman–Crippen LogP) is 2.02. The Kier molecular flexibility index (Phi) is 2.14. The van der Waals surface area contributed by atoms with Gasteiger partial charge in [0.05, 0.1) is 5.69 Å². The van der Waals surface area contributed by atoms with Crippen LogP contribution in [-0.4, -0.2) is 21.4 Å². The van der Waals surface area contributed by atoms with Crippen molar-refractivity contribution in [3.8, 4) is 22.9 Å². The van der Waals surface area contributed by atoms with E-state index in [0.717, 1.165) is 28.5 Å². The molecule has 3 heterocycles. The van der Waals surface area contributed by atoms with Crippen LogP contribution in [0.1, 0.15) is 5.56 Å². The molecular formula is C14H12N4O2. The summed E-state index contributed by atoms with van der Waals surface area (Å²) >= 11 is 0. The van der Waals surface area contributed by atoms with Crippen LogP contribution in [0, 0.1) is 6.92 Å². The van der Waals surface area contributed by atoms with Gasteiger partial charge < -0.3 is 15.2 Å². The number of nitrogen functional groups attached to an aromatic ring is 1. The second-order valence-electron chi connectivity index (χ2n) is 4.76. The fraction of sp³-hybridized carbons (Fsp3) is 0.143. The van der Waals surface area contributed by atoms with Crippen molar-refractivity contribution in [2.45, 2.75) is 6.92 Å². The number of ether oxygens (including phenoxy) is 2. The molecule has 1 aliphatic heterocycles. The standard InChI is InChI=1S/C14H12N4O2/c1-8-4-10(15)14-17-16-13(18(14)6-8)9-2-3-11-12(5-9)20-7-19-11/h2-6H,7,15H2,1H3. The van der Waals surface area contributed by atoms with Crippen LogP contribution in [-0.2, 0) is 0 Å². The van der Waals surface area contributed by atoms with Gasteiger partial charge in [0.2, 0.25) is 6.79 Å². The van der Waals surface area contributed by atoms with Gasteiger partial charge in [-0.3, -0.25) is 4.40 Å². The second kappa shape index (κ2) is 3.86. The summed E-state index contributed by atoms with van der Waals surface area (Å²) in [5.41, 5.74) is 9.20. The first-order valence-corrected chi connectivity index (χ1v) is 6.23. The van der Waals surface area contributed by atoms with Crippen LogP contribution in [0.25, 0.3) is 17.0 Å². The van der Waals surface area contributed by atoms with E-state index in [1.54, 1.807) is 0 Å². The Bertz CT molecular complexity index is 825. The molecule has 0 unspecified atom stereocenters. The van der Waals surface area contributed by atoms with E-state index in [0.29, 0.717) is 11.3 Å². The van der Waals surface area contributed by atoms with Gasteiger partial charge in [0.15, 0.2) is 23.0 Å². The Labute approximate surface area is 114 Å². The van der Waals surface area contributed by atoms with E-state index in [1.807, 2.05) is 41.8 Å². The molecule has 0 aliphatic carbocycles. The maximum absolute atomic E-state index is 5.97. The molecule has 0 fully saturated rings. The third-order valence-electron chi connectivity index (χ3n) is 3.30. The molecule has 0 bridgehead atoms. The highest BCUT2D eigenvalue weighted by Gasteiger charge is 2.17. The third kappa shape index (κ3) is 1.51. The Morgan fingerprint density at radius 2 is 2.00 bits per heavy atom. The molecule has 100 valence electrons. The summed E-state index contributed by atoms with van der Waals surface area (Å²) in [5, 5.41) is 8.37. The summed E-state index contributed by atoms with van der Waals surface area (Å²) in [6.07, 6.45) is 1.96. The number of anilines is 1. The zero-order valence-electron chi connectivity index (χ0n) is 10.8. The molecule has 0 amide bonds. The number of hydrogen-bond donors (Lipinski definition) is 1. The van der Waals surface area contributed by atoms with Crippen LogP contribution in [0.2, 0.25) is 0 Å². The minimum Gasteiger partial charge on any atom is -0.454 e. The minimum absolute atomic E-state index is 0.255. The number of nitrogens with zero attached hydrogens (tertiary/aromatic N) is 3. The molecule has 0 spiro atoms. The smallest absolute Gasteiger partial charge is 0.231 e. The fourth-order valence-electron chi connectivity index (χ4n) is 2.39. The topological polar surface area (TPSA) is 74.7 Å². The lowest BCUT2D eigenvalue weighted by molar-refractivity contribution is 0.174. The van der Waals surface area contributed by atoms with Gasteiger partial charge in [-0.2, -0.15) is 0 Å². The van der Waals surface area contributed by atoms with E-state index in [9.17, 15) is 0 Å². The van der Waals surface area contributed by atoms with E-state index >= 15 is 0 Å². The first-order chi connectivity index (χ1) is 9.72. The summed E-state index contributed by atoms with van der Waals surface area (Å²) in [6, 6.07) is 7.59. The largest absolute Gasteiger partial charge is 0.454 e. The second-order valence-corrected chi connectivity index (χ2v) is 4.76. The summed E-state index contributed by atoms with van der Waals surface area (Å²) in [4.78, 5) is 0. The van der Waals surface area contributed by atoms with Crippen molar-refractivity contribution >= 4 is 11.3 Å². The molecule has 1 aliphatic rings. The summed E-state index contributed by atoms with van der Waals surface area (Å²) in [6.45, 7) is 2.24. The molecule has 2 aromatic heterocycles. The number of rotatable bonds is 1. The molecule has 6 nitrogen and oxygen atoms in total. The van der Waals surface area contributed by atoms with Crippen LogP contribution in [0.4, 0.5) is 5.69 Å². The van der Waals surface area contributed by atoms with E-state index in [4.69, 9.17) is 15.2 Å². The summed E-state index contributed by atoms with van der Waals surface area (Å²) in [7, 11) is 0. The average Bonchev–Trinajstić information content (AvgIpc) is 3.03. The molecule has 6 heteroatoms. The van der Waals surface area contributed by atoms with Gasteiger partial charge in [0.1, 0.15) is 0 Å². The summed E-state index contributed by atoms with van der Waals surface area (Å²) in [5.74, 6) is 2.20. The molecule has 1 aromatic carbocycles. The number of nitrogens with two attached hydrogens (primary N) is 1. The van der Waals surface area contributed by atoms with Crippen LogP contribution >= 0.6 is 0 Å². The Morgan fingerprint density at radius 1 is 1.15 bits per heavy atom. The highest BCUT2D eigenvalue weighted by molar-refractivity contribution is 5.71. The third-order valence-corrected chi connectivity index (χ3v) is 3.30. The lowest BCUT2D eigenvalue weighted by Crippen LogP contribution is -1.95. The Morgan fingerprint density at radius 3 is 2.90 bits per heavy atom. The normalized spacial score (nSPS) is 13.1. The number of pyridine rings is 1. The molecule has 0 saturated carbocycles. The molecule has 4 rings (SSSR count). The van der Waals surface area contributed by atoms with E-state index < -0.39 is 0 Å². The zero-order chi connectivity index (χ0) is 13.7. The number of aryl methyl sites for hydroxylation is 1. The Balaban J connectivity index is 1.94. The predicted molar refractivity (Wildman–Crippen MR) is 73.7 cm³/mol. The monoisotopic (exact) mass is 268 g/mol. The lowest BCUT2D eigenvalue weighted by Gasteiger charge is -2.04. The molecular weight excluding hydrogens is 256 g/mol. The lowest BCUT2D eigenvalue weighted by atomic mass is 10.2. The van der Waals surface area contributed by atoms with Crippen LogP contribution in [0.3, 0.4) is 0 Å². The number of hydrogen-bond acceptors (Lipinski definition) is 5. The number of aromatic nitrogens is 3. The van der Waals surface area contributed by atoms with Crippen LogP contribution < -0.4 is 15.2 Å². The van der Waals surface area contributed by atoms with Crippen molar-refractivity contribution in [3.05, 3.63) is 36.0 Å². The molecule has 2 N–H and O–H groups in total. The van der Waals surface area contributed by atoms with Gasteiger partial charge >= 0.3 is 0 Å². The van der Waals surface area contributed by atoms with Crippen molar-refractivity contribution in [3.63, 3.8) is 0 Å². The van der Waals surface area contributed by atoms with Gasteiger partial charge in [0.25, 0.3) is 0 Å². The van der Waals surface area contributed by atoms with E-state index in [2.05, 4.69) is 10.2 Å². The van der Waals surface area contributed by atoms with E-state index in [1.165, 1.54) is 0 Å². The zero-order valence-corrected chi connectivity index (χ0v) is 10.8. The summed E-state index contributed by atoms with van der Waals surface area (Å²) < 4.78 is 12.6. The highest BCUT2D eigenvalue weighted by Crippen LogP contribution is 2.35. The van der Waals surface area contributed by atoms with Crippen molar-refractivity contribution < 1.29 is 9.47 Å². The maximum Gasteiger partial charge on any atom is 0.231 e. The van der Waals surface area contributed by atoms with Crippen molar-refractivity contribution in [2.24, 2.45) is 0 Å². The first-order valence-electron chi connectivity index (χ1n) is 6.23. The van der Waals surface area contributed by atoms with Gasteiger partial charge in [-0.1, -0.05) is 0 Å². The highest BCUT2D eigenvalue weighted by atomic mass is 16.7. The average molecular weight is 268 g/mol. The molecule has 3 aromatic rings. The van der Waals surface area contributed by atoms with Crippen LogP contribution in [0.15, 0.2) is 30.5 Å². The SMILES string of the molecule is Cc1cc(N)c2nnc(-c3ccc4c(c3)OCO4)n2c1. The van der Waals surface area contributed by atoms with Gasteiger partial charge in [-0.25, -0.2) is 0 Å². The maximum atomic E-state index is 5.97. The van der Waals surface area contributed by atoms with E-state index in [-0.39, 0.29) is 6.79 Å². The fourth-order valence-corrected chi connectivity index (χ4v) is 2.39. The van der Waals surface area contributed by atoms with Crippen LogP contribution in [0.5, 0.6) is 11.5 Å². The van der Waals surface area contributed by atoms with Gasteiger partial charge in [-0.05, 0) is 36.8 Å². The van der Waals surface area contributed by atoms with Crippen molar-refractivity contribution in [2.75, 3.05) is 12.5 Å². The molecule has 20 heavy (non-hydrogen) atoms. The van der Waals surface area contributed by atoms with Crippen molar-refractivity contribution in [1.29, 1.82) is 0 Å². The minimum atomic E-state index is 0.255. The van der Waals surface area contributed by atoms with Crippen molar-refractivity contribution in [1.82, 2.24) is 14.6 Å². The molecule has 0 radical (unpaired) electrons. The number of benzene rings is 1. The quantitative estimate of drug-likeness (QED) is 0.730. The Hall–Kier alpha value is -2.76. The first kappa shape index (κ1) is 11.1. The van der Waals surface area contributed by atoms with Gasteiger partial charge in [0, 0.05) is 11.8 Å². The van der Waals surface area contributed by atoms with Gasteiger partial charge in [-0.15, -0.1) is 10.2 Å². The molecule has 0 saturated heterocycles. The number of fused-ring (bicyclic) bond motifs is 2.